The second kappa shape index (κ2) is 7.43. The van der Waals surface area contributed by atoms with Gasteiger partial charge in [0.25, 0.3) is 5.91 Å². The first kappa shape index (κ1) is 17.0. The van der Waals surface area contributed by atoms with Crippen molar-refractivity contribution in [2.45, 2.75) is 6.42 Å². The Morgan fingerprint density at radius 1 is 1.04 bits per heavy atom. The van der Waals surface area contributed by atoms with Gasteiger partial charge in [-0.3, -0.25) is 4.79 Å². The topological polar surface area (TPSA) is 41.4 Å². The molecule has 0 atom stereocenters. The molecule has 1 aliphatic heterocycles. The van der Waals surface area contributed by atoms with E-state index in [4.69, 9.17) is 0 Å². The van der Waals surface area contributed by atoms with Gasteiger partial charge in [-0.15, -0.1) is 11.3 Å². The Morgan fingerprint density at radius 3 is 2.65 bits per heavy atom. The van der Waals surface area contributed by atoms with Crippen molar-refractivity contribution in [2.24, 2.45) is 0 Å². The molecule has 2 aromatic heterocycles. The van der Waals surface area contributed by atoms with Gasteiger partial charge in [0.1, 0.15) is 0 Å². The number of rotatable bonds is 3. The first-order valence-corrected chi connectivity index (χ1v) is 9.77. The van der Waals surface area contributed by atoms with Crippen LogP contribution in [0.1, 0.15) is 16.9 Å². The van der Waals surface area contributed by atoms with Crippen LogP contribution in [0.15, 0.2) is 53.9 Å². The van der Waals surface area contributed by atoms with Crippen LogP contribution in [0.5, 0.6) is 0 Å². The predicted octanol–water partition coefficient (Wildman–Crippen LogP) is 3.38. The van der Waals surface area contributed by atoms with Crippen molar-refractivity contribution in [3.05, 3.63) is 59.6 Å². The molecule has 1 saturated heterocycles. The van der Waals surface area contributed by atoms with Gasteiger partial charge in [-0.1, -0.05) is 24.3 Å². The summed E-state index contributed by atoms with van der Waals surface area (Å²) in [5.74, 6) is 0.0211. The number of carbonyl (C=O) groups is 1. The largest absolute Gasteiger partial charge is 0.336 e. The van der Waals surface area contributed by atoms with Crippen LogP contribution in [-0.2, 0) is 0 Å². The Morgan fingerprint density at radius 2 is 1.88 bits per heavy atom. The summed E-state index contributed by atoms with van der Waals surface area (Å²) in [7, 11) is 2.10. The summed E-state index contributed by atoms with van der Waals surface area (Å²) < 4.78 is 1.88. The number of benzene rings is 1. The molecule has 0 bridgehead atoms. The second-order valence-corrected chi connectivity index (χ2v) is 7.54. The number of likely N-dealkylation sites (N-methyl/N-ethyl adjacent to an activating group) is 1. The van der Waals surface area contributed by atoms with Crippen LogP contribution < -0.4 is 0 Å². The molecule has 0 N–H and O–H groups in total. The quantitative estimate of drug-likeness (QED) is 0.714. The lowest BCUT2D eigenvalue weighted by Crippen LogP contribution is -2.34. The summed E-state index contributed by atoms with van der Waals surface area (Å²) in [6.45, 7) is 3.48. The molecule has 1 aromatic carbocycles. The Balaban J connectivity index is 1.70. The highest BCUT2D eigenvalue weighted by molar-refractivity contribution is 7.13. The molecule has 1 fully saturated rings. The predicted molar refractivity (Wildman–Crippen MR) is 105 cm³/mol. The van der Waals surface area contributed by atoms with Crippen LogP contribution in [-0.4, -0.2) is 58.7 Å². The van der Waals surface area contributed by atoms with E-state index in [1.54, 1.807) is 11.3 Å². The fourth-order valence-electron chi connectivity index (χ4n) is 3.26. The van der Waals surface area contributed by atoms with E-state index in [0.717, 1.165) is 48.9 Å². The Labute approximate surface area is 157 Å². The van der Waals surface area contributed by atoms with Crippen LogP contribution in [0.4, 0.5) is 0 Å². The van der Waals surface area contributed by atoms with Crippen LogP contribution in [0.25, 0.3) is 16.3 Å². The van der Waals surface area contributed by atoms with Gasteiger partial charge in [0.05, 0.1) is 16.3 Å². The number of amides is 1. The third kappa shape index (κ3) is 3.43. The molecule has 4 rings (SSSR count). The van der Waals surface area contributed by atoms with Crippen molar-refractivity contribution >= 4 is 17.2 Å². The fraction of sp³-hybridized carbons (Fsp3) is 0.300. The summed E-state index contributed by atoms with van der Waals surface area (Å²) in [5, 5.41) is 6.73. The lowest BCUT2D eigenvalue weighted by atomic mass is 10.2. The number of para-hydroxylation sites is 1. The van der Waals surface area contributed by atoms with Crippen molar-refractivity contribution in [3.8, 4) is 16.3 Å². The van der Waals surface area contributed by atoms with Crippen LogP contribution in [0, 0.1) is 0 Å². The summed E-state index contributed by atoms with van der Waals surface area (Å²) in [5.41, 5.74) is 2.44. The minimum absolute atomic E-state index is 0.0211. The lowest BCUT2D eigenvalue weighted by Gasteiger charge is -2.19. The number of thiophene rings is 1. The zero-order chi connectivity index (χ0) is 17.9. The number of aromatic nitrogens is 2. The van der Waals surface area contributed by atoms with Crippen molar-refractivity contribution in [1.82, 2.24) is 19.6 Å². The molecule has 0 saturated carbocycles. The van der Waals surface area contributed by atoms with Gasteiger partial charge in [-0.05, 0) is 49.7 Å². The lowest BCUT2D eigenvalue weighted by molar-refractivity contribution is 0.0756. The van der Waals surface area contributed by atoms with Crippen molar-refractivity contribution in [2.75, 3.05) is 33.2 Å². The Hall–Kier alpha value is -2.44. The highest BCUT2D eigenvalue weighted by Crippen LogP contribution is 2.28. The number of hydrogen-bond acceptors (Lipinski definition) is 4. The standard InChI is InChI=1S/C20H22N4OS/c1-22-10-6-11-23(13-12-22)20(25)17-15-18(19-9-5-14-26-19)24(21-17)16-7-3-2-4-8-16/h2-5,7-9,14-15H,6,10-13H2,1H3. The van der Waals surface area contributed by atoms with Gasteiger partial charge >= 0.3 is 0 Å². The summed E-state index contributed by atoms with van der Waals surface area (Å²) in [6, 6.07) is 16.0. The third-order valence-corrected chi connectivity index (χ3v) is 5.60. The SMILES string of the molecule is CN1CCCN(C(=O)c2cc(-c3cccs3)n(-c3ccccc3)n2)CC1. The summed E-state index contributed by atoms with van der Waals surface area (Å²) in [4.78, 5) is 18.4. The molecule has 3 heterocycles. The molecule has 26 heavy (non-hydrogen) atoms. The first-order chi connectivity index (χ1) is 12.7. The van der Waals surface area contributed by atoms with E-state index in [1.807, 2.05) is 57.4 Å². The Bertz CT molecular complexity index is 873. The fourth-order valence-corrected chi connectivity index (χ4v) is 3.99. The smallest absolute Gasteiger partial charge is 0.274 e. The molecule has 134 valence electrons. The minimum atomic E-state index is 0.0211. The van der Waals surface area contributed by atoms with Crippen molar-refractivity contribution in [1.29, 1.82) is 0 Å². The van der Waals surface area contributed by atoms with Crippen LogP contribution in [0.3, 0.4) is 0 Å². The first-order valence-electron chi connectivity index (χ1n) is 8.89. The van der Waals surface area contributed by atoms with E-state index < -0.39 is 0 Å². The number of hydrogen-bond donors (Lipinski definition) is 0. The zero-order valence-corrected chi connectivity index (χ0v) is 15.7. The van der Waals surface area contributed by atoms with Crippen molar-refractivity contribution in [3.63, 3.8) is 0 Å². The normalized spacial score (nSPS) is 15.8. The summed E-state index contributed by atoms with van der Waals surface area (Å²) >= 11 is 1.66. The van der Waals surface area contributed by atoms with Gasteiger partial charge in [0.2, 0.25) is 0 Å². The van der Waals surface area contributed by atoms with Gasteiger partial charge < -0.3 is 9.80 Å². The van der Waals surface area contributed by atoms with Crippen molar-refractivity contribution < 1.29 is 4.79 Å². The highest BCUT2D eigenvalue weighted by Gasteiger charge is 2.23. The van der Waals surface area contributed by atoms with Gasteiger partial charge in [0, 0.05) is 19.6 Å². The molecule has 6 heteroatoms. The van der Waals surface area contributed by atoms with Gasteiger partial charge in [-0.25, -0.2) is 4.68 Å². The molecule has 0 unspecified atom stereocenters. The molecule has 0 aliphatic carbocycles. The molecule has 0 spiro atoms. The Kier molecular flexibility index (Phi) is 4.86. The van der Waals surface area contributed by atoms with Gasteiger partial charge in [0.15, 0.2) is 5.69 Å². The van der Waals surface area contributed by atoms with E-state index in [9.17, 15) is 4.79 Å². The maximum absolute atomic E-state index is 13.1. The minimum Gasteiger partial charge on any atom is -0.336 e. The zero-order valence-electron chi connectivity index (χ0n) is 14.8. The number of nitrogens with zero attached hydrogens (tertiary/aromatic N) is 4. The molecule has 1 aliphatic rings. The summed E-state index contributed by atoms with van der Waals surface area (Å²) in [6.07, 6.45) is 0.999. The molecular formula is C20H22N4OS. The van der Waals surface area contributed by atoms with E-state index in [-0.39, 0.29) is 5.91 Å². The van der Waals surface area contributed by atoms with E-state index in [0.29, 0.717) is 5.69 Å². The monoisotopic (exact) mass is 366 g/mol. The third-order valence-electron chi connectivity index (χ3n) is 4.71. The molecule has 0 radical (unpaired) electrons. The highest BCUT2D eigenvalue weighted by atomic mass is 32.1. The maximum Gasteiger partial charge on any atom is 0.274 e. The molecule has 3 aromatic rings. The maximum atomic E-state index is 13.1. The van der Waals surface area contributed by atoms with Crippen LogP contribution in [0.2, 0.25) is 0 Å². The average molecular weight is 366 g/mol. The molecule has 5 nitrogen and oxygen atoms in total. The van der Waals surface area contributed by atoms with E-state index in [1.165, 1.54) is 0 Å². The molecule has 1 amide bonds. The van der Waals surface area contributed by atoms with Crippen LogP contribution >= 0.6 is 11.3 Å². The van der Waals surface area contributed by atoms with E-state index in [2.05, 4.69) is 23.1 Å². The van der Waals surface area contributed by atoms with Gasteiger partial charge in [-0.2, -0.15) is 5.10 Å². The second-order valence-electron chi connectivity index (χ2n) is 6.59. The molecular weight excluding hydrogens is 344 g/mol. The number of carbonyl (C=O) groups excluding carboxylic acids is 1. The average Bonchev–Trinajstić information content (AvgIpc) is 3.29. The van der Waals surface area contributed by atoms with E-state index >= 15 is 0 Å².